The molecule has 0 spiro atoms. The Morgan fingerprint density at radius 2 is 1.67 bits per heavy atom. The third kappa shape index (κ3) is 5.81. The summed E-state index contributed by atoms with van der Waals surface area (Å²) in [7, 11) is 1.95. The highest BCUT2D eigenvalue weighted by Crippen LogP contribution is 2.14. The molecule has 138 valence electrons. The van der Waals surface area contributed by atoms with Crippen LogP contribution in [-0.2, 0) is 11.3 Å². The zero-order valence-corrected chi connectivity index (χ0v) is 15.2. The fourth-order valence-electron chi connectivity index (χ4n) is 2.52. The number of aromatic nitrogens is 2. The van der Waals surface area contributed by atoms with Crippen molar-refractivity contribution in [2.45, 2.75) is 13.0 Å². The Bertz CT molecular complexity index is 839. The van der Waals surface area contributed by atoms with Crippen molar-refractivity contribution < 1.29 is 9.53 Å². The second-order valence-corrected chi connectivity index (χ2v) is 6.08. The molecule has 0 aliphatic heterocycles. The Balaban J connectivity index is 1.46. The van der Waals surface area contributed by atoms with Crippen LogP contribution in [0.2, 0.25) is 0 Å². The van der Waals surface area contributed by atoms with E-state index in [2.05, 4.69) is 27.6 Å². The van der Waals surface area contributed by atoms with Gasteiger partial charge in [0, 0.05) is 13.6 Å². The number of carbonyl (C=O) groups is 1. The van der Waals surface area contributed by atoms with Crippen molar-refractivity contribution in [2.75, 3.05) is 23.9 Å². The lowest BCUT2D eigenvalue weighted by molar-refractivity contribution is -0.116. The summed E-state index contributed by atoms with van der Waals surface area (Å²) >= 11 is 0. The normalized spacial score (nSPS) is 10.3. The van der Waals surface area contributed by atoms with Gasteiger partial charge in [-0.2, -0.15) is 0 Å². The van der Waals surface area contributed by atoms with Gasteiger partial charge in [0.2, 0.25) is 5.91 Å². The maximum absolute atomic E-state index is 12.0. The molecule has 27 heavy (non-hydrogen) atoms. The first-order valence-corrected chi connectivity index (χ1v) is 8.77. The van der Waals surface area contributed by atoms with Gasteiger partial charge in [-0.3, -0.25) is 4.79 Å². The third-order valence-corrected chi connectivity index (χ3v) is 3.91. The predicted molar refractivity (Wildman–Crippen MR) is 106 cm³/mol. The van der Waals surface area contributed by atoms with Crippen LogP contribution in [0.3, 0.4) is 0 Å². The number of amides is 1. The highest BCUT2D eigenvalue weighted by atomic mass is 16.5. The number of hydrogen-bond donors (Lipinski definition) is 1. The van der Waals surface area contributed by atoms with Crippen molar-refractivity contribution in [3.8, 4) is 5.75 Å². The van der Waals surface area contributed by atoms with Gasteiger partial charge < -0.3 is 15.0 Å². The smallest absolute Gasteiger partial charge is 0.229 e. The number of rotatable bonds is 8. The Morgan fingerprint density at radius 1 is 0.963 bits per heavy atom. The molecule has 0 bridgehead atoms. The highest BCUT2D eigenvalue weighted by Gasteiger charge is 2.07. The minimum Gasteiger partial charge on any atom is -0.493 e. The number of carbonyl (C=O) groups excluding carboxylic acids is 1. The van der Waals surface area contributed by atoms with Gasteiger partial charge in [-0.1, -0.05) is 48.5 Å². The molecule has 6 nitrogen and oxygen atoms in total. The van der Waals surface area contributed by atoms with E-state index in [0.717, 1.165) is 18.1 Å². The Kier molecular flexibility index (Phi) is 6.35. The molecule has 0 fully saturated rings. The van der Waals surface area contributed by atoms with Gasteiger partial charge in [0.1, 0.15) is 5.75 Å². The molecule has 2 aromatic carbocycles. The summed E-state index contributed by atoms with van der Waals surface area (Å²) in [6.45, 7) is 1.04. The Morgan fingerprint density at radius 3 is 2.33 bits per heavy atom. The average molecular weight is 362 g/mol. The molecule has 1 heterocycles. The number of ether oxygens (including phenoxy) is 1. The van der Waals surface area contributed by atoms with Crippen molar-refractivity contribution in [1.29, 1.82) is 0 Å². The van der Waals surface area contributed by atoms with Crippen LogP contribution in [0.1, 0.15) is 12.0 Å². The number of nitrogens with zero attached hydrogens (tertiary/aromatic N) is 3. The average Bonchev–Trinajstić information content (AvgIpc) is 2.70. The lowest BCUT2D eigenvalue weighted by Crippen LogP contribution is -2.19. The van der Waals surface area contributed by atoms with Crippen molar-refractivity contribution in [3.05, 3.63) is 78.4 Å². The fourth-order valence-corrected chi connectivity index (χ4v) is 2.52. The predicted octanol–water partition coefficient (Wildman–Crippen LogP) is 3.52. The summed E-state index contributed by atoms with van der Waals surface area (Å²) in [5.74, 6) is 1.75. The number of nitrogens with one attached hydrogen (secondary N) is 1. The molecule has 6 heteroatoms. The molecule has 3 aromatic rings. The van der Waals surface area contributed by atoms with Gasteiger partial charge in [0.25, 0.3) is 0 Å². The molecule has 0 saturated carbocycles. The van der Waals surface area contributed by atoms with Gasteiger partial charge in [-0.25, -0.2) is 0 Å². The molecule has 0 atom stereocenters. The van der Waals surface area contributed by atoms with Crippen LogP contribution < -0.4 is 15.0 Å². The molecule has 1 N–H and O–H groups in total. The molecule has 1 amide bonds. The quantitative estimate of drug-likeness (QED) is 0.664. The highest BCUT2D eigenvalue weighted by molar-refractivity contribution is 5.89. The zero-order valence-electron chi connectivity index (χ0n) is 15.2. The first-order valence-electron chi connectivity index (χ1n) is 8.77. The van der Waals surface area contributed by atoms with Crippen LogP contribution in [-0.4, -0.2) is 29.8 Å². The van der Waals surface area contributed by atoms with Crippen LogP contribution in [0.15, 0.2) is 72.8 Å². The Labute approximate surface area is 158 Å². The van der Waals surface area contributed by atoms with Gasteiger partial charge in [0.15, 0.2) is 11.6 Å². The van der Waals surface area contributed by atoms with Crippen LogP contribution in [0, 0.1) is 0 Å². The van der Waals surface area contributed by atoms with E-state index < -0.39 is 0 Å². The zero-order chi connectivity index (χ0) is 18.9. The van der Waals surface area contributed by atoms with Crippen LogP contribution in [0.5, 0.6) is 5.75 Å². The minimum atomic E-state index is -0.161. The van der Waals surface area contributed by atoms with E-state index in [1.54, 1.807) is 6.07 Å². The summed E-state index contributed by atoms with van der Waals surface area (Å²) in [5.41, 5.74) is 1.19. The SMILES string of the molecule is CN(Cc1ccccc1)c1ccc(NC(=O)CCOc2ccccc2)nn1. The summed E-state index contributed by atoms with van der Waals surface area (Å²) < 4.78 is 5.52. The molecule has 0 aliphatic rings. The Hall–Kier alpha value is -3.41. The van der Waals surface area contributed by atoms with E-state index in [1.807, 2.05) is 66.5 Å². The second kappa shape index (κ2) is 9.33. The summed E-state index contributed by atoms with van der Waals surface area (Å²) in [6, 6.07) is 23.1. The molecule has 1 aromatic heterocycles. The van der Waals surface area contributed by atoms with E-state index in [-0.39, 0.29) is 12.3 Å². The molecule has 0 radical (unpaired) electrons. The summed E-state index contributed by atoms with van der Waals surface area (Å²) in [6.07, 6.45) is 0.242. The molecular weight excluding hydrogens is 340 g/mol. The molecular formula is C21H22N4O2. The molecule has 3 rings (SSSR count). The van der Waals surface area contributed by atoms with Gasteiger partial charge >= 0.3 is 0 Å². The van der Waals surface area contributed by atoms with Gasteiger partial charge in [0.05, 0.1) is 13.0 Å². The molecule has 0 aliphatic carbocycles. The van der Waals surface area contributed by atoms with Crippen molar-refractivity contribution in [2.24, 2.45) is 0 Å². The number of para-hydroxylation sites is 1. The molecule has 0 saturated heterocycles. The first kappa shape index (κ1) is 18.4. The van der Waals surface area contributed by atoms with E-state index in [1.165, 1.54) is 5.56 Å². The monoisotopic (exact) mass is 362 g/mol. The van der Waals surface area contributed by atoms with Crippen LogP contribution in [0.25, 0.3) is 0 Å². The van der Waals surface area contributed by atoms with E-state index >= 15 is 0 Å². The topological polar surface area (TPSA) is 67.4 Å². The largest absolute Gasteiger partial charge is 0.493 e. The lowest BCUT2D eigenvalue weighted by atomic mass is 10.2. The van der Waals surface area contributed by atoms with Crippen LogP contribution >= 0.6 is 0 Å². The number of hydrogen-bond acceptors (Lipinski definition) is 5. The van der Waals surface area contributed by atoms with Crippen molar-refractivity contribution >= 4 is 17.5 Å². The van der Waals surface area contributed by atoms with E-state index in [0.29, 0.717) is 12.4 Å². The van der Waals surface area contributed by atoms with Crippen molar-refractivity contribution in [3.63, 3.8) is 0 Å². The van der Waals surface area contributed by atoms with Crippen LogP contribution in [0.4, 0.5) is 11.6 Å². The minimum absolute atomic E-state index is 0.161. The van der Waals surface area contributed by atoms with E-state index in [4.69, 9.17) is 4.74 Å². The first-order chi connectivity index (χ1) is 13.2. The number of anilines is 2. The summed E-state index contributed by atoms with van der Waals surface area (Å²) in [4.78, 5) is 14.0. The second-order valence-electron chi connectivity index (χ2n) is 6.08. The summed E-state index contributed by atoms with van der Waals surface area (Å²) in [5, 5.41) is 11.0. The standard InChI is InChI=1S/C21H22N4O2/c1-25(16-17-8-4-2-5-9-17)20-13-12-19(23-24-20)22-21(26)14-15-27-18-10-6-3-7-11-18/h2-13H,14-16H2,1H3,(H,22,23,26). The maximum Gasteiger partial charge on any atom is 0.229 e. The van der Waals surface area contributed by atoms with Gasteiger partial charge in [-0.15, -0.1) is 10.2 Å². The third-order valence-electron chi connectivity index (χ3n) is 3.91. The lowest BCUT2D eigenvalue weighted by Gasteiger charge is -2.17. The number of benzene rings is 2. The van der Waals surface area contributed by atoms with Gasteiger partial charge in [-0.05, 0) is 29.8 Å². The maximum atomic E-state index is 12.0. The fraction of sp³-hybridized carbons (Fsp3) is 0.190. The van der Waals surface area contributed by atoms with E-state index in [9.17, 15) is 4.79 Å². The molecule has 0 unspecified atom stereocenters. The van der Waals surface area contributed by atoms with Crippen molar-refractivity contribution in [1.82, 2.24) is 10.2 Å².